The summed E-state index contributed by atoms with van der Waals surface area (Å²) >= 11 is 0. The summed E-state index contributed by atoms with van der Waals surface area (Å²) in [4.78, 5) is 0. The van der Waals surface area contributed by atoms with Crippen LogP contribution in [0, 0.1) is 23.1 Å². The van der Waals surface area contributed by atoms with E-state index < -0.39 is 5.82 Å². The standard InChI is InChI=1S/C14H17FN2O/c1-18-9-14(11-3-4-11)17-8-10-2-5-13(15)12(6-10)7-16/h2,5-6,11,14,17H,3-4,8-9H2,1H3/t14-/m0/s1. The van der Waals surface area contributed by atoms with Crippen molar-refractivity contribution in [1.29, 1.82) is 5.26 Å². The lowest BCUT2D eigenvalue weighted by atomic mass is 10.1. The highest BCUT2D eigenvalue weighted by molar-refractivity contribution is 5.34. The largest absolute Gasteiger partial charge is 0.383 e. The number of nitriles is 1. The van der Waals surface area contributed by atoms with Gasteiger partial charge in [0.25, 0.3) is 0 Å². The molecular weight excluding hydrogens is 231 g/mol. The van der Waals surface area contributed by atoms with Crippen LogP contribution in [0.5, 0.6) is 0 Å². The minimum absolute atomic E-state index is 0.101. The Morgan fingerprint density at radius 2 is 2.33 bits per heavy atom. The average Bonchev–Trinajstić information content (AvgIpc) is 3.20. The second-order valence-corrected chi connectivity index (χ2v) is 4.71. The third-order valence-corrected chi connectivity index (χ3v) is 3.26. The van der Waals surface area contributed by atoms with Crippen LogP contribution in [0.1, 0.15) is 24.0 Å². The summed E-state index contributed by atoms with van der Waals surface area (Å²) in [5.74, 6) is 0.234. The quantitative estimate of drug-likeness (QED) is 0.839. The fraction of sp³-hybridized carbons (Fsp3) is 0.500. The number of hydrogen-bond donors (Lipinski definition) is 1. The first-order chi connectivity index (χ1) is 8.74. The molecule has 0 saturated heterocycles. The van der Waals surface area contributed by atoms with Gasteiger partial charge in [-0.25, -0.2) is 4.39 Å². The van der Waals surface area contributed by atoms with Gasteiger partial charge in [0.2, 0.25) is 0 Å². The Balaban J connectivity index is 1.94. The van der Waals surface area contributed by atoms with Crippen molar-refractivity contribution in [2.24, 2.45) is 5.92 Å². The molecule has 0 bridgehead atoms. The summed E-state index contributed by atoms with van der Waals surface area (Å²) in [6, 6.07) is 6.86. The van der Waals surface area contributed by atoms with Gasteiger partial charge in [-0.2, -0.15) is 5.26 Å². The highest BCUT2D eigenvalue weighted by atomic mass is 19.1. The van der Waals surface area contributed by atoms with Crippen molar-refractivity contribution in [2.75, 3.05) is 13.7 Å². The van der Waals surface area contributed by atoms with E-state index in [1.807, 2.05) is 6.07 Å². The van der Waals surface area contributed by atoms with Crippen molar-refractivity contribution < 1.29 is 9.13 Å². The van der Waals surface area contributed by atoms with E-state index in [9.17, 15) is 4.39 Å². The first-order valence-electron chi connectivity index (χ1n) is 6.15. The lowest BCUT2D eigenvalue weighted by molar-refractivity contribution is 0.157. The van der Waals surface area contributed by atoms with Gasteiger partial charge < -0.3 is 10.1 Å². The van der Waals surface area contributed by atoms with Crippen LogP contribution in [0.2, 0.25) is 0 Å². The zero-order valence-corrected chi connectivity index (χ0v) is 10.4. The number of methoxy groups -OCH3 is 1. The van der Waals surface area contributed by atoms with Crippen LogP contribution in [0.3, 0.4) is 0 Å². The maximum Gasteiger partial charge on any atom is 0.140 e. The van der Waals surface area contributed by atoms with E-state index in [1.54, 1.807) is 19.2 Å². The first kappa shape index (κ1) is 13.0. The van der Waals surface area contributed by atoms with Gasteiger partial charge in [-0.1, -0.05) is 6.07 Å². The van der Waals surface area contributed by atoms with Crippen molar-refractivity contribution in [1.82, 2.24) is 5.32 Å². The molecule has 0 unspecified atom stereocenters. The molecule has 2 rings (SSSR count). The Morgan fingerprint density at radius 1 is 1.56 bits per heavy atom. The molecule has 1 fully saturated rings. The topological polar surface area (TPSA) is 45.0 Å². The van der Waals surface area contributed by atoms with Crippen molar-refractivity contribution in [3.63, 3.8) is 0 Å². The van der Waals surface area contributed by atoms with Crippen LogP contribution >= 0.6 is 0 Å². The highest BCUT2D eigenvalue weighted by Gasteiger charge is 2.30. The molecule has 1 aliphatic rings. The summed E-state index contributed by atoms with van der Waals surface area (Å²) < 4.78 is 18.3. The van der Waals surface area contributed by atoms with Gasteiger partial charge in [0, 0.05) is 19.7 Å². The minimum atomic E-state index is -0.461. The number of nitrogens with one attached hydrogen (secondary N) is 1. The van der Waals surface area contributed by atoms with Crippen LogP contribution in [-0.2, 0) is 11.3 Å². The molecule has 3 nitrogen and oxygen atoms in total. The van der Waals surface area contributed by atoms with Crippen LogP contribution in [-0.4, -0.2) is 19.8 Å². The fourth-order valence-corrected chi connectivity index (χ4v) is 2.06. The van der Waals surface area contributed by atoms with Gasteiger partial charge in [-0.05, 0) is 36.5 Å². The van der Waals surface area contributed by atoms with E-state index in [0.29, 0.717) is 25.1 Å². The SMILES string of the molecule is COC[C@H](NCc1ccc(F)c(C#N)c1)C1CC1. The Labute approximate surface area is 107 Å². The highest BCUT2D eigenvalue weighted by Crippen LogP contribution is 2.32. The fourth-order valence-electron chi connectivity index (χ4n) is 2.06. The summed E-state index contributed by atoms with van der Waals surface area (Å²) in [5, 5.41) is 12.2. The molecule has 1 atom stereocenters. The summed E-state index contributed by atoms with van der Waals surface area (Å²) in [7, 11) is 1.70. The minimum Gasteiger partial charge on any atom is -0.383 e. The van der Waals surface area contributed by atoms with Gasteiger partial charge in [0.15, 0.2) is 0 Å². The number of halogens is 1. The van der Waals surface area contributed by atoms with Crippen molar-refractivity contribution in [3.05, 3.63) is 35.1 Å². The van der Waals surface area contributed by atoms with E-state index in [0.717, 1.165) is 5.56 Å². The number of rotatable bonds is 6. The van der Waals surface area contributed by atoms with Gasteiger partial charge in [-0.3, -0.25) is 0 Å². The number of ether oxygens (including phenoxy) is 1. The molecule has 0 aromatic heterocycles. The third kappa shape index (κ3) is 3.28. The molecule has 0 amide bonds. The van der Waals surface area contributed by atoms with Crippen molar-refractivity contribution in [2.45, 2.75) is 25.4 Å². The zero-order valence-electron chi connectivity index (χ0n) is 10.4. The number of hydrogen-bond acceptors (Lipinski definition) is 3. The van der Waals surface area contributed by atoms with Gasteiger partial charge in [0.05, 0.1) is 12.2 Å². The molecule has 1 aromatic carbocycles. The van der Waals surface area contributed by atoms with Gasteiger partial charge >= 0.3 is 0 Å². The molecular formula is C14H17FN2O. The van der Waals surface area contributed by atoms with Crippen molar-refractivity contribution in [3.8, 4) is 6.07 Å². The summed E-state index contributed by atoms with van der Waals surface area (Å²) in [6.45, 7) is 1.33. The molecule has 1 aliphatic carbocycles. The Kier molecular flexibility index (Phi) is 4.29. The monoisotopic (exact) mass is 248 g/mol. The molecule has 96 valence electrons. The van der Waals surface area contributed by atoms with E-state index in [1.165, 1.54) is 18.9 Å². The molecule has 4 heteroatoms. The van der Waals surface area contributed by atoms with Crippen molar-refractivity contribution >= 4 is 0 Å². The predicted molar refractivity (Wildman–Crippen MR) is 66.3 cm³/mol. The molecule has 1 saturated carbocycles. The van der Waals surface area contributed by atoms with E-state index in [2.05, 4.69) is 5.32 Å². The Hall–Kier alpha value is -1.44. The van der Waals surface area contributed by atoms with Crippen LogP contribution in [0.4, 0.5) is 4.39 Å². The number of nitrogens with zero attached hydrogens (tertiary/aromatic N) is 1. The van der Waals surface area contributed by atoms with Crippen LogP contribution in [0.15, 0.2) is 18.2 Å². The van der Waals surface area contributed by atoms with Crippen LogP contribution < -0.4 is 5.32 Å². The smallest absolute Gasteiger partial charge is 0.140 e. The molecule has 0 heterocycles. The maximum atomic E-state index is 13.2. The Bertz CT molecular complexity index is 452. The Morgan fingerprint density at radius 3 is 2.94 bits per heavy atom. The summed E-state index contributed by atoms with van der Waals surface area (Å²) in [5.41, 5.74) is 1.03. The molecule has 1 N–H and O–H groups in total. The van der Waals surface area contributed by atoms with Gasteiger partial charge in [-0.15, -0.1) is 0 Å². The van der Waals surface area contributed by atoms with E-state index in [4.69, 9.17) is 10.00 Å². The molecule has 1 aromatic rings. The second-order valence-electron chi connectivity index (χ2n) is 4.71. The maximum absolute atomic E-state index is 13.2. The van der Waals surface area contributed by atoms with Crippen LogP contribution in [0.25, 0.3) is 0 Å². The molecule has 0 spiro atoms. The molecule has 18 heavy (non-hydrogen) atoms. The average molecular weight is 248 g/mol. The zero-order chi connectivity index (χ0) is 13.0. The van der Waals surface area contributed by atoms with E-state index in [-0.39, 0.29) is 5.56 Å². The molecule has 0 aliphatic heterocycles. The molecule has 0 radical (unpaired) electrons. The lowest BCUT2D eigenvalue weighted by Crippen LogP contribution is -2.34. The summed E-state index contributed by atoms with van der Waals surface area (Å²) in [6.07, 6.45) is 2.49. The normalized spacial score (nSPS) is 16.3. The number of benzene rings is 1. The lowest BCUT2D eigenvalue weighted by Gasteiger charge is -2.17. The van der Waals surface area contributed by atoms with E-state index >= 15 is 0 Å². The first-order valence-corrected chi connectivity index (χ1v) is 6.15. The third-order valence-electron chi connectivity index (χ3n) is 3.26. The second kappa shape index (κ2) is 5.94. The predicted octanol–water partition coefficient (Wildman–Crippen LogP) is 2.21. The van der Waals surface area contributed by atoms with Gasteiger partial charge in [0.1, 0.15) is 11.9 Å².